The van der Waals surface area contributed by atoms with Crippen molar-refractivity contribution in [1.82, 2.24) is 0 Å². The van der Waals surface area contributed by atoms with Crippen LogP contribution in [0.4, 0.5) is 5.69 Å². The molecule has 0 spiro atoms. The molecule has 3 nitrogen and oxygen atoms in total. The summed E-state index contributed by atoms with van der Waals surface area (Å²) in [4.78, 5) is 10.3. The number of aliphatic hydroxyl groups is 1. The van der Waals surface area contributed by atoms with E-state index < -0.39 is 0 Å². The Kier molecular flexibility index (Phi) is 3.29. The van der Waals surface area contributed by atoms with E-state index in [2.05, 4.69) is 5.32 Å². The smallest absolute Gasteiger partial charge is 0.211 e. The number of allylic oxidation sites excluding steroid dienone is 1. The molecule has 1 aromatic rings. The first-order valence-electron chi connectivity index (χ1n) is 4.31. The summed E-state index contributed by atoms with van der Waals surface area (Å²) in [5, 5.41) is 11.5. The van der Waals surface area contributed by atoms with Gasteiger partial charge in [-0.25, -0.2) is 0 Å². The highest BCUT2D eigenvalue weighted by Crippen LogP contribution is 2.24. The lowest BCUT2D eigenvalue weighted by Crippen LogP contribution is -1.98. The zero-order valence-corrected chi connectivity index (χ0v) is 8.24. The van der Waals surface area contributed by atoms with E-state index in [9.17, 15) is 4.79 Å². The minimum absolute atomic E-state index is 0.624. The molecule has 0 aromatic heterocycles. The summed E-state index contributed by atoms with van der Waals surface area (Å²) in [5.74, 6) is 0. The molecular formula is C11H13NO2. The van der Waals surface area contributed by atoms with E-state index in [4.69, 9.17) is 5.11 Å². The van der Waals surface area contributed by atoms with Crippen LogP contribution in [0.5, 0.6) is 0 Å². The summed E-state index contributed by atoms with van der Waals surface area (Å²) in [6, 6.07) is 5.62. The van der Waals surface area contributed by atoms with E-state index in [1.807, 2.05) is 25.1 Å². The van der Waals surface area contributed by atoms with Crippen molar-refractivity contribution in [1.29, 1.82) is 0 Å². The summed E-state index contributed by atoms with van der Waals surface area (Å²) in [6.07, 6.45) is 1.66. The van der Waals surface area contributed by atoms with Gasteiger partial charge in [0.25, 0.3) is 0 Å². The predicted octanol–water partition coefficient (Wildman–Crippen LogP) is 2.48. The van der Waals surface area contributed by atoms with Gasteiger partial charge in [-0.2, -0.15) is 0 Å². The number of aryl methyl sites for hydroxylation is 1. The Morgan fingerprint density at radius 2 is 2.21 bits per heavy atom. The van der Waals surface area contributed by atoms with Gasteiger partial charge in [-0.1, -0.05) is 11.6 Å². The number of nitrogens with one attached hydrogen (secondary N) is 1. The van der Waals surface area contributed by atoms with Crippen LogP contribution in [0.15, 0.2) is 24.5 Å². The average Bonchev–Trinajstić information content (AvgIpc) is 2.20. The number of hydrogen-bond donors (Lipinski definition) is 2. The molecule has 1 aromatic carbocycles. The van der Waals surface area contributed by atoms with Crippen molar-refractivity contribution in [3.05, 3.63) is 35.6 Å². The Bertz CT molecular complexity index is 370. The van der Waals surface area contributed by atoms with Gasteiger partial charge in [-0.15, -0.1) is 0 Å². The van der Waals surface area contributed by atoms with Crippen LogP contribution in [0.3, 0.4) is 0 Å². The van der Waals surface area contributed by atoms with Crippen LogP contribution in [0.1, 0.15) is 18.1 Å². The predicted molar refractivity (Wildman–Crippen MR) is 57.1 cm³/mol. The van der Waals surface area contributed by atoms with Crippen molar-refractivity contribution < 1.29 is 9.90 Å². The molecule has 0 fully saturated rings. The number of anilines is 1. The number of aliphatic hydroxyl groups excluding tert-OH is 1. The van der Waals surface area contributed by atoms with Gasteiger partial charge in [0.2, 0.25) is 6.41 Å². The van der Waals surface area contributed by atoms with Crippen molar-refractivity contribution in [2.24, 2.45) is 0 Å². The van der Waals surface area contributed by atoms with Crippen molar-refractivity contribution in [3.63, 3.8) is 0 Å². The second kappa shape index (κ2) is 4.46. The van der Waals surface area contributed by atoms with E-state index in [1.165, 1.54) is 0 Å². The third-order valence-corrected chi connectivity index (χ3v) is 2.01. The minimum Gasteiger partial charge on any atom is -0.515 e. The molecule has 0 aliphatic rings. The van der Waals surface area contributed by atoms with Crippen LogP contribution in [-0.2, 0) is 4.79 Å². The zero-order chi connectivity index (χ0) is 10.6. The minimum atomic E-state index is 0.624. The summed E-state index contributed by atoms with van der Waals surface area (Å²) in [5.41, 5.74) is 3.34. The maximum Gasteiger partial charge on any atom is 0.211 e. The number of hydrogen-bond acceptors (Lipinski definition) is 2. The van der Waals surface area contributed by atoms with Crippen LogP contribution in [0.2, 0.25) is 0 Å². The molecule has 0 saturated carbocycles. The molecule has 0 bridgehead atoms. The van der Waals surface area contributed by atoms with Crippen LogP contribution < -0.4 is 5.32 Å². The second-order valence-electron chi connectivity index (χ2n) is 3.12. The van der Waals surface area contributed by atoms with Crippen LogP contribution in [0, 0.1) is 6.92 Å². The summed E-state index contributed by atoms with van der Waals surface area (Å²) in [6.45, 7) is 3.74. The number of amides is 1. The molecule has 1 amide bonds. The first-order valence-corrected chi connectivity index (χ1v) is 4.31. The largest absolute Gasteiger partial charge is 0.515 e. The molecule has 14 heavy (non-hydrogen) atoms. The molecule has 0 radical (unpaired) electrons. The van der Waals surface area contributed by atoms with Gasteiger partial charge >= 0.3 is 0 Å². The van der Waals surface area contributed by atoms with E-state index in [0.29, 0.717) is 12.1 Å². The van der Waals surface area contributed by atoms with E-state index in [-0.39, 0.29) is 0 Å². The number of carbonyl (C=O) groups is 1. The average molecular weight is 191 g/mol. The van der Waals surface area contributed by atoms with Crippen LogP contribution in [0.25, 0.3) is 5.57 Å². The van der Waals surface area contributed by atoms with Crippen molar-refractivity contribution in [2.75, 3.05) is 5.32 Å². The van der Waals surface area contributed by atoms with Crippen molar-refractivity contribution in [3.8, 4) is 0 Å². The Balaban J connectivity index is 3.22. The monoisotopic (exact) mass is 191 g/mol. The molecule has 3 heteroatoms. The number of carbonyl (C=O) groups excluding carboxylic acids is 1. The molecule has 0 aliphatic carbocycles. The standard InChI is InChI=1S/C11H13NO2/c1-8-3-4-11(12-7-14)10(5-8)9(2)6-13/h3-7,13H,1-2H3,(H,12,14)/b9-6+. The highest BCUT2D eigenvalue weighted by atomic mass is 16.2. The van der Waals surface area contributed by atoms with Crippen LogP contribution in [-0.4, -0.2) is 11.5 Å². The quantitative estimate of drug-likeness (QED) is 0.569. The molecular weight excluding hydrogens is 178 g/mol. The molecule has 0 heterocycles. The third kappa shape index (κ3) is 2.13. The first-order chi connectivity index (χ1) is 6.69. The Morgan fingerprint density at radius 3 is 2.79 bits per heavy atom. The fourth-order valence-corrected chi connectivity index (χ4v) is 1.24. The molecule has 0 saturated heterocycles. The molecule has 0 atom stereocenters. The van der Waals surface area contributed by atoms with Gasteiger partial charge in [-0.05, 0) is 31.6 Å². The summed E-state index contributed by atoms with van der Waals surface area (Å²) < 4.78 is 0. The van der Waals surface area contributed by atoms with Crippen molar-refractivity contribution in [2.45, 2.75) is 13.8 Å². The fourth-order valence-electron chi connectivity index (χ4n) is 1.24. The molecule has 0 aliphatic heterocycles. The Hall–Kier alpha value is -1.77. The number of benzene rings is 1. The molecule has 1 rings (SSSR count). The normalized spacial score (nSPS) is 11.1. The van der Waals surface area contributed by atoms with E-state index >= 15 is 0 Å². The highest BCUT2D eigenvalue weighted by Gasteiger charge is 2.03. The SMILES string of the molecule is C/C(=C\O)c1cc(C)ccc1NC=O. The first kappa shape index (κ1) is 10.3. The summed E-state index contributed by atoms with van der Waals surface area (Å²) >= 11 is 0. The number of rotatable bonds is 3. The highest BCUT2D eigenvalue weighted by molar-refractivity contribution is 5.82. The van der Waals surface area contributed by atoms with Gasteiger partial charge in [0.1, 0.15) is 0 Å². The van der Waals surface area contributed by atoms with Gasteiger partial charge in [-0.3, -0.25) is 4.79 Å². The van der Waals surface area contributed by atoms with Gasteiger partial charge in [0.05, 0.1) is 6.26 Å². The third-order valence-electron chi connectivity index (χ3n) is 2.01. The Labute approximate surface area is 83.1 Å². The lowest BCUT2D eigenvalue weighted by Gasteiger charge is -2.08. The topological polar surface area (TPSA) is 49.3 Å². The molecule has 74 valence electrons. The fraction of sp³-hybridized carbons (Fsp3) is 0.182. The second-order valence-corrected chi connectivity index (χ2v) is 3.12. The van der Waals surface area contributed by atoms with Gasteiger partial charge in [0, 0.05) is 11.3 Å². The maximum atomic E-state index is 10.3. The van der Waals surface area contributed by atoms with Crippen LogP contribution >= 0.6 is 0 Å². The van der Waals surface area contributed by atoms with Gasteiger partial charge < -0.3 is 10.4 Å². The molecule has 0 unspecified atom stereocenters. The Morgan fingerprint density at radius 1 is 1.50 bits per heavy atom. The maximum absolute atomic E-state index is 10.3. The summed E-state index contributed by atoms with van der Waals surface area (Å²) in [7, 11) is 0. The molecule has 2 N–H and O–H groups in total. The lowest BCUT2D eigenvalue weighted by molar-refractivity contribution is -0.105. The lowest BCUT2D eigenvalue weighted by atomic mass is 10.0. The van der Waals surface area contributed by atoms with Crippen molar-refractivity contribution >= 4 is 17.7 Å². The van der Waals surface area contributed by atoms with E-state index in [1.54, 1.807) is 6.92 Å². The zero-order valence-electron chi connectivity index (χ0n) is 8.24. The van der Waals surface area contributed by atoms with E-state index in [0.717, 1.165) is 23.0 Å². The van der Waals surface area contributed by atoms with Gasteiger partial charge in [0.15, 0.2) is 0 Å².